The fraction of sp³-hybridized carbons (Fsp3) is 0.318. The number of ether oxygens (including phenoxy) is 2. The lowest BCUT2D eigenvalue weighted by Crippen LogP contribution is -2.30. The summed E-state index contributed by atoms with van der Waals surface area (Å²) in [4.78, 5) is 12.6. The maximum absolute atomic E-state index is 12.6. The Bertz CT molecular complexity index is 725. The largest absolute Gasteiger partial charge is 0.493 e. The summed E-state index contributed by atoms with van der Waals surface area (Å²) in [6.07, 6.45) is 1.66. The van der Waals surface area contributed by atoms with Crippen molar-refractivity contribution < 1.29 is 14.3 Å². The zero-order chi connectivity index (χ0) is 18.9. The van der Waals surface area contributed by atoms with E-state index in [1.807, 2.05) is 18.2 Å². The third-order valence-corrected chi connectivity index (χ3v) is 4.30. The average Bonchev–Trinajstić information content (AvgIpc) is 2.66. The number of rotatable bonds is 9. The van der Waals surface area contributed by atoms with Gasteiger partial charge in [0, 0.05) is 18.0 Å². The lowest BCUT2D eigenvalue weighted by atomic mass is 9.88. The Labute approximate surface area is 155 Å². The highest BCUT2D eigenvalue weighted by atomic mass is 16.5. The van der Waals surface area contributed by atoms with Crippen LogP contribution in [-0.2, 0) is 0 Å². The summed E-state index contributed by atoms with van der Waals surface area (Å²) in [7, 11) is 1.56. The van der Waals surface area contributed by atoms with Crippen LogP contribution in [-0.4, -0.2) is 26.2 Å². The van der Waals surface area contributed by atoms with Gasteiger partial charge < -0.3 is 14.8 Å². The van der Waals surface area contributed by atoms with Crippen LogP contribution in [0.4, 0.5) is 0 Å². The minimum Gasteiger partial charge on any atom is -0.493 e. The number of amides is 1. The summed E-state index contributed by atoms with van der Waals surface area (Å²) in [5.74, 6) is 1.68. The van der Waals surface area contributed by atoms with E-state index in [1.54, 1.807) is 31.4 Å². The maximum Gasteiger partial charge on any atom is 0.251 e. The molecular formula is C22H27NO3. The first-order valence-corrected chi connectivity index (χ1v) is 8.81. The Morgan fingerprint density at radius 2 is 1.88 bits per heavy atom. The van der Waals surface area contributed by atoms with Crippen LogP contribution in [0.25, 0.3) is 0 Å². The average molecular weight is 353 g/mol. The standard InChI is InChI=1S/C22H27NO3/c1-5-13-26-20-12-11-18(14-21(20)25-4)22(24)23-15-19(16(2)3)17-9-7-6-8-10-17/h5-12,14,16,19H,1,13,15H2,2-4H3,(H,23,24). The van der Waals surface area contributed by atoms with Gasteiger partial charge in [0.25, 0.3) is 5.91 Å². The quantitative estimate of drug-likeness (QED) is 0.679. The monoisotopic (exact) mass is 353 g/mol. The Kier molecular flexibility index (Phi) is 7.27. The zero-order valence-electron chi connectivity index (χ0n) is 15.7. The highest BCUT2D eigenvalue weighted by Gasteiger charge is 2.18. The van der Waals surface area contributed by atoms with Crippen molar-refractivity contribution >= 4 is 5.91 Å². The van der Waals surface area contributed by atoms with Gasteiger partial charge in [0.1, 0.15) is 6.61 Å². The number of hydrogen-bond acceptors (Lipinski definition) is 3. The van der Waals surface area contributed by atoms with Gasteiger partial charge in [-0.25, -0.2) is 0 Å². The SMILES string of the molecule is C=CCOc1ccc(C(=O)NCC(c2ccccc2)C(C)C)cc1OC. The normalized spacial score (nSPS) is 11.7. The first kappa shape index (κ1) is 19.6. The number of nitrogens with one attached hydrogen (secondary N) is 1. The van der Waals surface area contributed by atoms with E-state index in [-0.39, 0.29) is 11.8 Å². The summed E-state index contributed by atoms with van der Waals surface area (Å²) in [6, 6.07) is 15.4. The molecule has 1 amide bonds. The van der Waals surface area contributed by atoms with Crippen LogP contribution in [0.1, 0.15) is 35.7 Å². The molecule has 0 spiro atoms. The molecule has 0 aliphatic carbocycles. The fourth-order valence-corrected chi connectivity index (χ4v) is 2.82. The second kappa shape index (κ2) is 9.66. The first-order valence-electron chi connectivity index (χ1n) is 8.81. The Hall–Kier alpha value is -2.75. The molecule has 4 nitrogen and oxygen atoms in total. The highest BCUT2D eigenvalue weighted by Crippen LogP contribution is 2.28. The minimum absolute atomic E-state index is 0.125. The van der Waals surface area contributed by atoms with Crippen LogP contribution in [0.5, 0.6) is 11.5 Å². The highest BCUT2D eigenvalue weighted by molar-refractivity contribution is 5.94. The predicted octanol–water partition coefficient (Wildman–Crippen LogP) is 4.43. The van der Waals surface area contributed by atoms with Crippen molar-refractivity contribution in [2.24, 2.45) is 5.92 Å². The summed E-state index contributed by atoms with van der Waals surface area (Å²) in [5.41, 5.74) is 1.77. The molecule has 0 bridgehead atoms. The zero-order valence-corrected chi connectivity index (χ0v) is 15.7. The van der Waals surface area contributed by atoms with E-state index >= 15 is 0 Å². The van der Waals surface area contributed by atoms with Gasteiger partial charge in [-0.2, -0.15) is 0 Å². The number of hydrogen-bond donors (Lipinski definition) is 1. The molecule has 0 aromatic heterocycles. The van der Waals surface area contributed by atoms with Gasteiger partial charge in [0.2, 0.25) is 0 Å². The lowest BCUT2D eigenvalue weighted by molar-refractivity contribution is 0.0948. The molecule has 2 aromatic rings. The Balaban J connectivity index is 2.07. The van der Waals surface area contributed by atoms with E-state index in [4.69, 9.17) is 9.47 Å². The Morgan fingerprint density at radius 3 is 2.50 bits per heavy atom. The molecule has 138 valence electrons. The molecule has 1 atom stereocenters. The molecule has 1 N–H and O–H groups in total. The van der Waals surface area contributed by atoms with Crippen molar-refractivity contribution in [2.45, 2.75) is 19.8 Å². The van der Waals surface area contributed by atoms with Crippen LogP contribution in [0.15, 0.2) is 61.2 Å². The number of carbonyl (C=O) groups excluding carboxylic acids is 1. The van der Waals surface area contributed by atoms with Crippen molar-refractivity contribution in [2.75, 3.05) is 20.3 Å². The molecule has 0 radical (unpaired) electrons. The second-order valence-corrected chi connectivity index (χ2v) is 6.44. The van der Waals surface area contributed by atoms with Gasteiger partial charge in [-0.3, -0.25) is 4.79 Å². The lowest BCUT2D eigenvalue weighted by Gasteiger charge is -2.22. The summed E-state index contributed by atoms with van der Waals surface area (Å²) < 4.78 is 10.9. The van der Waals surface area contributed by atoms with Crippen LogP contribution < -0.4 is 14.8 Å². The molecule has 2 rings (SSSR count). The van der Waals surface area contributed by atoms with E-state index in [1.165, 1.54) is 5.56 Å². The smallest absolute Gasteiger partial charge is 0.251 e. The van der Waals surface area contributed by atoms with Crippen molar-refractivity contribution in [3.8, 4) is 11.5 Å². The molecule has 4 heteroatoms. The topological polar surface area (TPSA) is 47.6 Å². The van der Waals surface area contributed by atoms with E-state index in [0.29, 0.717) is 36.1 Å². The summed E-state index contributed by atoms with van der Waals surface area (Å²) in [6.45, 7) is 8.92. The minimum atomic E-state index is -0.125. The first-order chi connectivity index (χ1) is 12.6. The van der Waals surface area contributed by atoms with E-state index in [0.717, 1.165) is 0 Å². The Morgan fingerprint density at radius 1 is 1.15 bits per heavy atom. The van der Waals surface area contributed by atoms with Crippen LogP contribution in [0.2, 0.25) is 0 Å². The van der Waals surface area contributed by atoms with E-state index in [2.05, 4.69) is 37.9 Å². The third-order valence-electron chi connectivity index (χ3n) is 4.30. The van der Waals surface area contributed by atoms with Crippen molar-refractivity contribution in [1.82, 2.24) is 5.32 Å². The van der Waals surface area contributed by atoms with Gasteiger partial charge in [0.15, 0.2) is 11.5 Å². The van der Waals surface area contributed by atoms with Gasteiger partial charge in [-0.15, -0.1) is 0 Å². The predicted molar refractivity (Wildman–Crippen MR) is 105 cm³/mol. The molecule has 0 aliphatic rings. The summed E-state index contributed by atoms with van der Waals surface area (Å²) >= 11 is 0. The molecule has 0 aliphatic heterocycles. The van der Waals surface area contributed by atoms with Crippen LogP contribution in [0.3, 0.4) is 0 Å². The fourth-order valence-electron chi connectivity index (χ4n) is 2.82. The molecule has 0 heterocycles. The molecule has 2 aromatic carbocycles. The van der Waals surface area contributed by atoms with Gasteiger partial charge in [-0.05, 0) is 29.7 Å². The van der Waals surface area contributed by atoms with Crippen molar-refractivity contribution in [1.29, 1.82) is 0 Å². The van der Waals surface area contributed by atoms with Crippen LogP contribution >= 0.6 is 0 Å². The molecule has 0 saturated heterocycles. The number of methoxy groups -OCH3 is 1. The van der Waals surface area contributed by atoms with Crippen molar-refractivity contribution in [3.63, 3.8) is 0 Å². The van der Waals surface area contributed by atoms with E-state index in [9.17, 15) is 4.79 Å². The molecule has 0 saturated carbocycles. The van der Waals surface area contributed by atoms with Crippen LogP contribution in [0, 0.1) is 5.92 Å². The molecule has 0 fully saturated rings. The molecule has 1 unspecified atom stereocenters. The van der Waals surface area contributed by atoms with Gasteiger partial charge in [-0.1, -0.05) is 56.8 Å². The molecule has 26 heavy (non-hydrogen) atoms. The second-order valence-electron chi connectivity index (χ2n) is 6.44. The van der Waals surface area contributed by atoms with E-state index < -0.39 is 0 Å². The molecular weight excluding hydrogens is 326 g/mol. The van der Waals surface area contributed by atoms with Gasteiger partial charge >= 0.3 is 0 Å². The third kappa shape index (κ3) is 5.12. The maximum atomic E-state index is 12.6. The number of carbonyl (C=O) groups is 1. The van der Waals surface area contributed by atoms with Gasteiger partial charge in [0.05, 0.1) is 7.11 Å². The number of benzene rings is 2. The summed E-state index contributed by atoms with van der Waals surface area (Å²) in [5, 5.41) is 3.04. The van der Waals surface area contributed by atoms with Crippen molar-refractivity contribution in [3.05, 3.63) is 72.3 Å².